The maximum absolute atomic E-state index is 10.7. The molecule has 0 N–H and O–H groups in total. The van der Waals surface area contributed by atoms with E-state index in [0.29, 0.717) is 16.0 Å². The topological polar surface area (TPSA) is 78.4 Å². The van der Waals surface area contributed by atoms with Crippen LogP contribution in [0.2, 0.25) is 0 Å². The number of hydrogen-bond acceptors (Lipinski definition) is 5. The molecule has 1 aromatic carbocycles. The maximum Gasteiger partial charge on any atom is 0.273 e. The second-order valence-electron chi connectivity index (χ2n) is 3.96. The average molecular weight is 327 g/mol. The van der Waals surface area contributed by atoms with Crippen LogP contribution in [0.1, 0.15) is 17.0 Å². The van der Waals surface area contributed by atoms with Crippen LogP contribution in [0.3, 0.4) is 0 Å². The van der Waals surface area contributed by atoms with E-state index in [9.17, 15) is 10.1 Å². The second-order valence-corrected chi connectivity index (χ2v) is 4.82. The van der Waals surface area contributed by atoms with Gasteiger partial charge in [0, 0.05) is 6.07 Å². The summed E-state index contributed by atoms with van der Waals surface area (Å²) in [6.45, 7) is 3.86. The highest BCUT2D eigenvalue weighted by Gasteiger charge is 2.13. The molecule has 0 saturated heterocycles. The largest absolute Gasteiger partial charge is 0.487 e. The monoisotopic (exact) mass is 326 g/mol. The third-order valence-corrected chi connectivity index (χ3v) is 3.33. The summed E-state index contributed by atoms with van der Waals surface area (Å²) in [6, 6.07) is 4.37. The van der Waals surface area contributed by atoms with E-state index in [2.05, 4.69) is 21.1 Å². The third-order valence-electron chi connectivity index (χ3n) is 2.68. The minimum absolute atomic E-state index is 0.0167. The first kappa shape index (κ1) is 13.5. The van der Waals surface area contributed by atoms with Crippen molar-refractivity contribution in [3.8, 4) is 5.75 Å². The zero-order chi connectivity index (χ0) is 14.0. The van der Waals surface area contributed by atoms with Crippen molar-refractivity contribution in [1.29, 1.82) is 0 Å². The van der Waals surface area contributed by atoms with Crippen LogP contribution in [-0.2, 0) is 6.61 Å². The van der Waals surface area contributed by atoms with Crippen molar-refractivity contribution in [3.05, 3.63) is 49.8 Å². The van der Waals surface area contributed by atoms with E-state index < -0.39 is 4.92 Å². The number of aryl methyl sites for hydroxylation is 2. The molecule has 2 rings (SSSR count). The average Bonchev–Trinajstić information content (AvgIpc) is 2.68. The molecule has 0 aliphatic carbocycles. The fourth-order valence-corrected chi connectivity index (χ4v) is 1.94. The van der Waals surface area contributed by atoms with Crippen LogP contribution in [0.15, 0.2) is 27.2 Å². The summed E-state index contributed by atoms with van der Waals surface area (Å²) in [5.41, 5.74) is 1.58. The van der Waals surface area contributed by atoms with Crippen molar-refractivity contribution < 1.29 is 14.2 Å². The molecule has 0 radical (unpaired) electrons. The molecular formula is C12H11BrN2O4. The molecule has 2 aromatic rings. The number of non-ortho nitro benzene ring substituents is 1. The molecule has 0 spiro atoms. The van der Waals surface area contributed by atoms with Crippen LogP contribution >= 0.6 is 15.9 Å². The van der Waals surface area contributed by atoms with Gasteiger partial charge in [-0.2, -0.15) is 0 Å². The smallest absolute Gasteiger partial charge is 0.273 e. The van der Waals surface area contributed by atoms with Gasteiger partial charge >= 0.3 is 0 Å². The fraction of sp³-hybridized carbons (Fsp3) is 0.250. The number of benzene rings is 1. The van der Waals surface area contributed by atoms with Crippen LogP contribution in [0.4, 0.5) is 5.69 Å². The van der Waals surface area contributed by atoms with Crippen LogP contribution in [0.5, 0.6) is 5.75 Å². The molecule has 6 nitrogen and oxygen atoms in total. The number of ether oxygens (including phenoxy) is 1. The van der Waals surface area contributed by atoms with Crippen molar-refractivity contribution in [2.24, 2.45) is 0 Å². The summed E-state index contributed by atoms with van der Waals surface area (Å²) in [5, 5.41) is 14.5. The Kier molecular flexibility index (Phi) is 3.84. The minimum atomic E-state index is -0.463. The van der Waals surface area contributed by atoms with Gasteiger partial charge in [-0.25, -0.2) is 0 Å². The molecule has 0 atom stereocenters. The summed E-state index contributed by atoms with van der Waals surface area (Å²) in [4.78, 5) is 10.3. The summed E-state index contributed by atoms with van der Waals surface area (Å²) in [5.74, 6) is 1.09. The quantitative estimate of drug-likeness (QED) is 0.634. The molecule has 7 heteroatoms. The first-order valence-corrected chi connectivity index (χ1v) is 6.27. The molecule has 0 unspecified atom stereocenters. The van der Waals surface area contributed by atoms with Gasteiger partial charge in [0.2, 0.25) is 0 Å². The predicted molar refractivity (Wildman–Crippen MR) is 71.1 cm³/mol. The highest BCUT2D eigenvalue weighted by Crippen LogP contribution is 2.30. The van der Waals surface area contributed by atoms with Crippen molar-refractivity contribution in [1.82, 2.24) is 5.16 Å². The van der Waals surface area contributed by atoms with Gasteiger partial charge in [0.1, 0.15) is 18.1 Å². The lowest BCUT2D eigenvalue weighted by Gasteiger charge is -2.07. The molecule has 1 aromatic heterocycles. The van der Waals surface area contributed by atoms with E-state index in [4.69, 9.17) is 9.26 Å². The summed E-state index contributed by atoms with van der Waals surface area (Å²) < 4.78 is 11.3. The van der Waals surface area contributed by atoms with Crippen molar-refractivity contribution in [2.75, 3.05) is 0 Å². The van der Waals surface area contributed by atoms with Gasteiger partial charge in [0.15, 0.2) is 0 Å². The maximum atomic E-state index is 10.7. The summed E-state index contributed by atoms with van der Waals surface area (Å²) in [6.07, 6.45) is 0. The Balaban J connectivity index is 2.20. The number of rotatable bonds is 4. The number of halogens is 1. The lowest BCUT2D eigenvalue weighted by molar-refractivity contribution is -0.385. The Morgan fingerprint density at radius 3 is 2.79 bits per heavy atom. The molecule has 0 saturated carbocycles. The second kappa shape index (κ2) is 5.40. The third kappa shape index (κ3) is 2.93. The Morgan fingerprint density at radius 1 is 1.47 bits per heavy atom. The molecule has 0 fully saturated rings. The van der Waals surface area contributed by atoms with Gasteiger partial charge in [-0.1, -0.05) is 5.16 Å². The van der Waals surface area contributed by atoms with Crippen LogP contribution in [0, 0.1) is 24.0 Å². The molecular weight excluding hydrogens is 316 g/mol. The van der Waals surface area contributed by atoms with Crippen LogP contribution < -0.4 is 4.74 Å². The first-order valence-electron chi connectivity index (χ1n) is 5.47. The molecule has 100 valence electrons. The molecule has 0 bridgehead atoms. The van der Waals surface area contributed by atoms with E-state index in [1.165, 1.54) is 12.1 Å². The SMILES string of the molecule is Cc1noc(C)c1COc1cc([N+](=O)[O-])ccc1Br. The molecule has 19 heavy (non-hydrogen) atoms. The van der Waals surface area contributed by atoms with Gasteiger partial charge in [0.25, 0.3) is 5.69 Å². The number of nitro groups is 1. The number of aromatic nitrogens is 1. The van der Waals surface area contributed by atoms with Gasteiger partial charge in [-0.15, -0.1) is 0 Å². The van der Waals surface area contributed by atoms with E-state index in [1.807, 2.05) is 6.92 Å². The number of nitrogens with zero attached hydrogens (tertiary/aromatic N) is 2. The van der Waals surface area contributed by atoms with Crippen molar-refractivity contribution in [3.63, 3.8) is 0 Å². The zero-order valence-electron chi connectivity index (χ0n) is 10.3. The molecule has 0 amide bonds. The lowest BCUT2D eigenvalue weighted by Crippen LogP contribution is -1.99. The molecule has 0 aliphatic rings. The Morgan fingerprint density at radius 2 is 2.21 bits per heavy atom. The standard InChI is InChI=1S/C12H11BrN2O4/c1-7-10(8(2)19-14-7)6-18-12-5-9(15(16)17)3-4-11(12)13/h3-5H,6H2,1-2H3. The fourth-order valence-electron chi connectivity index (χ4n) is 1.57. The highest BCUT2D eigenvalue weighted by molar-refractivity contribution is 9.10. The first-order chi connectivity index (χ1) is 8.99. The van der Waals surface area contributed by atoms with E-state index >= 15 is 0 Å². The summed E-state index contributed by atoms with van der Waals surface area (Å²) >= 11 is 3.29. The Labute approximate surface area is 117 Å². The van der Waals surface area contributed by atoms with Crippen LogP contribution in [-0.4, -0.2) is 10.1 Å². The molecule has 0 aliphatic heterocycles. The Bertz CT molecular complexity index is 605. The van der Waals surface area contributed by atoms with Gasteiger partial charge in [-0.3, -0.25) is 10.1 Å². The van der Waals surface area contributed by atoms with Gasteiger partial charge < -0.3 is 9.26 Å². The predicted octanol–water partition coefficient (Wildman–Crippen LogP) is 3.54. The van der Waals surface area contributed by atoms with Crippen molar-refractivity contribution in [2.45, 2.75) is 20.5 Å². The zero-order valence-corrected chi connectivity index (χ0v) is 11.9. The van der Waals surface area contributed by atoms with Gasteiger partial charge in [0.05, 0.1) is 26.7 Å². The number of nitro benzene ring substituents is 1. The highest BCUT2D eigenvalue weighted by atomic mass is 79.9. The van der Waals surface area contributed by atoms with Crippen LogP contribution in [0.25, 0.3) is 0 Å². The Hall–Kier alpha value is -1.89. The lowest BCUT2D eigenvalue weighted by atomic mass is 10.2. The molecule has 1 heterocycles. The van der Waals surface area contributed by atoms with Crippen molar-refractivity contribution >= 4 is 21.6 Å². The normalized spacial score (nSPS) is 10.5. The van der Waals surface area contributed by atoms with Gasteiger partial charge in [-0.05, 0) is 35.8 Å². The number of hydrogen-bond donors (Lipinski definition) is 0. The minimum Gasteiger partial charge on any atom is -0.487 e. The van der Waals surface area contributed by atoms with E-state index in [0.717, 1.165) is 11.3 Å². The van der Waals surface area contributed by atoms with E-state index in [1.54, 1.807) is 13.0 Å². The summed E-state index contributed by atoms with van der Waals surface area (Å²) in [7, 11) is 0. The van der Waals surface area contributed by atoms with E-state index in [-0.39, 0.29) is 12.3 Å².